The molecule has 5 nitrogen and oxygen atoms in total. The molecule has 0 atom stereocenters. The monoisotopic (exact) mass is 378 g/mol. The molecule has 146 valence electrons. The van der Waals surface area contributed by atoms with Gasteiger partial charge in [-0.3, -0.25) is 4.79 Å². The van der Waals surface area contributed by atoms with Crippen molar-refractivity contribution in [3.8, 4) is 5.75 Å². The minimum absolute atomic E-state index is 0.0401. The fraction of sp³-hybridized carbons (Fsp3) is 0.304. The highest BCUT2D eigenvalue weighted by molar-refractivity contribution is 5.92. The zero-order chi connectivity index (χ0) is 20.1. The number of rotatable bonds is 7. The van der Waals surface area contributed by atoms with Gasteiger partial charge in [-0.1, -0.05) is 43.3 Å². The summed E-state index contributed by atoms with van der Waals surface area (Å²) in [5, 5.41) is 6.86. The van der Waals surface area contributed by atoms with Crippen molar-refractivity contribution in [2.75, 3.05) is 5.32 Å². The van der Waals surface area contributed by atoms with Crippen molar-refractivity contribution in [2.24, 2.45) is 0 Å². The Labute approximate surface area is 165 Å². The molecule has 0 bridgehead atoms. The normalized spacial score (nSPS) is 10.9. The Morgan fingerprint density at radius 1 is 1.07 bits per heavy atom. The molecular weight excluding hydrogens is 352 g/mol. The molecule has 0 saturated heterocycles. The van der Waals surface area contributed by atoms with Gasteiger partial charge < -0.3 is 14.6 Å². The highest BCUT2D eigenvalue weighted by atomic mass is 16.5. The summed E-state index contributed by atoms with van der Waals surface area (Å²) in [6.07, 6.45) is 0.316. The van der Waals surface area contributed by atoms with E-state index in [0.717, 1.165) is 34.0 Å². The van der Waals surface area contributed by atoms with E-state index >= 15 is 0 Å². The quantitative estimate of drug-likeness (QED) is 0.616. The van der Waals surface area contributed by atoms with Crippen molar-refractivity contribution >= 4 is 11.6 Å². The number of aromatic nitrogens is 1. The Bertz CT molecular complexity index is 906. The van der Waals surface area contributed by atoms with Crippen molar-refractivity contribution in [1.29, 1.82) is 0 Å². The molecule has 1 aromatic heterocycles. The van der Waals surface area contributed by atoms with Gasteiger partial charge in [-0.25, -0.2) is 0 Å². The fourth-order valence-electron chi connectivity index (χ4n) is 2.91. The highest BCUT2D eigenvalue weighted by Gasteiger charge is 2.10. The van der Waals surface area contributed by atoms with Gasteiger partial charge in [0.2, 0.25) is 5.91 Å². The Hall–Kier alpha value is -3.08. The number of amides is 1. The summed E-state index contributed by atoms with van der Waals surface area (Å²) >= 11 is 0. The third-order valence-corrected chi connectivity index (χ3v) is 4.71. The maximum absolute atomic E-state index is 12.3. The van der Waals surface area contributed by atoms with E-state index in [1.807, 2.05) is 62.4 Å². The number of nitrogens with one attached hydrogen (secondary N) is 1. The molecule has 0 saturated carbocycles. The second-order valence-corrected chi connectivity index (χ2v) is 7.24. The predicted molar refractivity (Wildman–Crippen MR) is 110 cm³/mol. The summed E-state index contributed by atoms with van der Waals surface area (Å²) in [6, 6.07) is 15.5. The molecule has 5 heteroatoms. The third kappa shape index (κ3) is 5.00. The minimum Gasteiger partial charge on any atom is -0.489 e. The van der Waals surface area contributed by atoms with E-state index in [0.29, 0.717) is 18.9 Å². The number of hydrogen-bond donors (Lipinski definition) is 1. The first-order valence-corrected chi connectivity index (χ1v) is 9.45. The standard InChI is InChI=1S/C23H26N2O3/c1-15(2)19-7-9-20(10-8-19)24-23(26)13-18-5-11-21(12-6-18)27-14-22-16(3)25-28-17(22)4/h5-12,15H,13-14H2,1-4H3,(H,24,26). The fourth-order valence-corrected chi connectivity index (χ4v) is 2.91. The van der Waals surface area contributed by atoms with Gasteiger partial charge in [0.1, 0.15) is 18.1 Å². The van der Waals surface area contributed by atoms with Gasteiger partial charge in [0.15, 0.2) is 0 Å². The first-order chi connectivity index (χ1) is 13.4. The lowest BCUT2D eigenvalue weighted by molar-refractivity contribution is -0.115. The van der Waals surface area contributed by atoms with E-state index in [1.165, 1.54) is 5.56 Å². The van der Waals surface area contributed by atoms with Crippen LogP contribution in [0.4, 0.5) is 5.69 Å². The summed E-state index contributed by atoms with van der Waals surface area (Å²) in [6.45, 7) is 8.47. The number of ether oxygens (including phenoxy) is 1. The van der Waals surface area contributed by atoms with Crippen LogP contribution < -0.4 is 10.1 Å². The number of carbonyl (C=O) groups excluding carboxylic acids is 1. The van der Waals surface area contributed by atoms with Gasteiger partial charge in [-0.05, 0) is 55.2 Å². The molecule has 1 N–H and O–H groups in total. The topological polar surface area (TPSA) is 64.4 Å². The number of hydrogen-bond acceptors (Lipinski definition) is 4. The van der Waals surface area contributed by atoms with Crippen molar-refractivity contribution in [3.63, 3.8) is 0 Å². The largest absolute Gasteiger partial charge is 0.489 e. The van der Waals surface area contributed by atoms with Gasteiger partial charge in [0.25, 0.3) is 0 Å². The molecule has 3 rings (SSSR count). The molecule has 0 unspecified atom stereocenters. The molecule has 0 spiro atoms. The van der Waals surface area contributed by atoms with E-state index in [-0.39, 0.29) is 5.91 Å². The lowest BCUT2D eigenvalue weighted by Gasteiger charge is -2.09. The van der Waals surface area contributed by atoms with Crippen molar-refractivity contribution in [3.05, 3.63) is 76.7 Å². The van der Waals surface area contributed by atoms with E-state index in [2.05, 4.69) is 24.3 Å². The molecule has 3 aromatic rings. The summed E-state index contributed by atoms with van der Waals surface area (Å²) in [5.74, 6) is 1.95. The Morgan fingerprint density at radius 3 is 2.32 bits per heavy atom. The number of carbonyl (C=O) groups is 1. The average molecular weight is 378 g/mol. The SMILES string of the molecule is Cc1noc(C)c1COc1ccc(CC(=O)Nc2ccc(C(C)C)cc2)cc1. The summed E-state index contributed by atoms with van der Waals surface area (Å²) in [4.78, 5) is 12.3. The number of benzene rings is 2. The molecule has 0 fully saturated rings. The number of aryl methyl sites for hydroxylation is 2. The Balaban J connectivity index is 1.52. The lowest BCUT2D eigenvalue weighted by atomic mass is 10.0. The van der Waals surface area contributed by atoms with E-state index in [4.69, 9.17) is 9.26 Å². The lowest BCUT2D eigenvalue weighted by Crippen LogP contribution is -2.14. The smallest absolute Gasteiger partial charge is 0.228 e. The first-order valence-electron chi connectivity index (χ1n) is 9.45. The summed E-state index contributed by atoms with van der Waals surface area (Å²) in [7, 11) is 0. The second kappa shape index (κ2) is 8.74. The van der Waals surface area contributed by atoms with Crippen LogP contribution in [0, 0.1) is 13.8 Å². The molecule has 0 radical (unpaired) electrons. The van der Waals surface area contributed by atoms with Crippen LogP contribution in [0.5, 0.6) is 5.75 Å². The maximum Gasteiger partial charge on any atom is 0.228 e. The van der Waals surface area contributed by atoms with Crippen LogP contribution >= 0.6 is 0 Å². The minimum atomic E-state index is -0.0401. The first kappa shape index (κ1) is 19.7. The van der Waals surface area contributed by atoms with E-state index in [9.17, 15) is 4.79 Å². The van der Waals surface area contributed by atoms with Gasteiger partial charge in [0, 0.05) is 5.69 Å². The van der Waals surface area contributed by atoms with Gasteiger partial charge in [-0.15, -0.1) is 0 Å². The third-order valence-electron chi connectivity index (χ3n) is 4.71. The van der Waals surface area contributed by atoms with Crippen LogP contribution in [-0.4, -0.2) is 11.1 Å². The Kier molecular flexibility index (Phi) is 6.14. The van der Waals surface area contributed by atoms with Crippen LogP contribution in [-0.2, 0) is 17.8 Å². The van der Waals surface area contributed by atoms with Gasteiger partial charge in [0.05, 0.1) is 17.7 Å². The van der Waals surface area contributed by atoms with E-state index in [1.54, 1.807) is 0 Å². The molecule has 28 heavy (non-hydrogen) atoms. The zero-order valence-electron chi connectivity index (χ0n) is 16.8. The Morgan fingerprint density at radius 2 is 1.75 bits per heavy atom. The van der Waals surface area contributed by atoms with Gasteiger partial charge in [-0.2, -0.15) is 0 Å². The van der Waals surface area contributed by atoms with Crippen molar-refractivity contribution < 1.29 is 14.1 Å². The maximum atomic E-state index is 12.3. The van der Waals surface area contributed by atoms with Crippen LogP contribution in [0.2, 0.25) is 0 Å². The number of anilines is 1. The zero-order valence-corrected chi connectivity index (χ0v) is 16.8. The average Bonchev–Trinajstić information content (AvgIpc) is 2.99. The predicted octanol–water partition coefficient (Wildman–Crippen LogP) is 5.18. The highest BCUT2D eigenvalue weighted by Crippen LogP contribution is 2.19. The molecular formula is C23H26N2O3. The van der Waals surface area contributed by atoms with Crippen LogP contribution in [0.15, 0.2) is 53.1 Å². The molecule has 1 amide bonds. The molecule has 0 aliphatic carbocycles. The van der Waals surface area contributed by atoms with Crippen molar-refractivity contribution in [2.45, 2.75) is 46.6 Å². The number of nitrogens with zero attached hydrogens (tertiary/aromatic N) is 1. The molecule has 0 aliphatic heterocycles. The van der Waals surface area contributed by atoms with Crippen molar-refractivity contribution in [1.82, 2.24) is 5.16 Å². The summed E-state index contributed by atoms with van der Waals surface area (Å²) in [5.41, 5.74) is 4.80. The molecule has 1 heterocycles. The summed E-state index contributed by atoms with van der Waals surface area (Å²) < 4.78 is 10.9. The second-order valence-electron chi connectivity index (χ2n) is 7.24. The molecule has 2 aromatic carbocycles. The van der Waals surface area contributed by atoms with Crippen LogP contribution in [0.3, 0.4) is 0 Å². The van der Waals surface area contributed by atoms with E-state index < -0.39 is 0 Å². The van der Waals surface area contributed by atoms with Gasteiger partial charge >= 0.3 is 0 Å². The van der Waals surface area contributed by atoms with Crippen LogP contribution in [0.25, 0.3) is 0 Å². The van der Waals surface area contributed by atoms with Crippen LogP contribution in [0.1, 0.15) is 47.9 Å². The molecule has 0 aliphatic rings.